The second-order valence-corrected chi connectivity index (χ2v) is 9.08. The molecule has 176 valence electrons. The van der Waals surface area contributed by atoms with Crippen LogP contribution < -0.4 is 4.74 Å². The predicted octanol–water partition coefficient (Wildman–Crippen LogP) is 6.89. The van der Waals surface area contributed by atoms with Crippen LogP contribution in [0.3, 0.4) is 0 Å². The van der Waals surface area contributed by atoms with Crippen LogP contribution in [-0.4, -0.2) is 27.9 Å². The number of aryl methyl sites for hydroxylation is 1. The Morgan fingerprint density at radius 3 is 2.62 bits per heavy atom. The summed E-state index contributed by atoms with van der Waals surface area (Å²) in [6.45, 7) is 1.33. The maximum Gasteiger partial charge on any atom is 0.417 e. The summed E-state index contributed by atoms with van der Waals surface area (Å²) >= 11 is 7.43. The summed E-state index contributed by atoms with van der Waals surface area (Å²) in [7, 11) is 0. The number of hydrogen-bond donors (Lipinski definition) is 2. The van der Waals surface area contributed by atoms with Gasteiger partial charge in [-0.1, -0.05) is 35.9 Å². The van der Waals surface area contributed by atoms with Gasteiger partial charge in [0.05, 0.1) is 27.0 Å². The van der Waals surface area contributed by atoms with Crippen molar-refractivity contribution in [1.82, 2.24) is 10.2 Å². The maximum atomic E-state index is 13.3. The highest BCUT2D eigenvalue weighted by molar-refractivity contribution is 7.99. The van der Waals surface area contributed by atoms with Gasteiger partial charge in [-0.3, -0.25) is 5.10 Å². The van der Waals surface area contributed by atoms with E-state index in [1.165, 1.54) is 23.9 Å². The zero-order chi connectivity index (χ0) is 24.5. The standard InChI is InChI=1S/C24H18ClF3N2O3S/c1-13-10-15(7-9-20(13)33-12-21(31)32)34-23(22-16-4-2-3-5-19(16)29-30-22)14-6-8-17(18(25)11-14)24(26,27)28/h2-11,23H,12H2,1H3,(H,29,30)(H,31,32). The van der Waals surface area contributed by atoms with E-state index < -0.39 is 29.6 Å². The number of thioether (sulfide) groups is 1. The summed E-state index contributed by atoms with van der Waals surface area (Å²) in [4.78, 5) is 11.6. The Morgan fingerprint density at radius 1 is 1.18 bits per heavy atom. The number of nitrogens with one attached hydrogen (secondary N) is 1. The van der Waals surface area contributed by atoms with E-state index in [4.69, 9.17) is 21.4 Å². The van der Waals surface area contributed by atoms with Gasteiger partial charge in [-0.2, -0.15) is 18.3 Å². The fourth-order valence-corrected chi connectivity index (χ4v) is 5.07. The first-order valence-corrected chi connectivity index (χ1v) is 11.3. The molecule has 1 aromatic heterocycles. The van der Waals surface area contributed by atoms with E-state index in [9.17, 15) is 18.0 Å². The molecule has 10 heteroatoms. The van der Waals surface area contributed by atoms with Crippen LogP contribution >= 0.6 is 23.4 Å². The van der Waals surface area contributed by atoms with Crippen molar-refractivity contribution in [2.75, 3.05) is 6.61 Å². The fraction of sp³-hybridized carbons (Fsp3) is 0.167. The first-order valence-electron chi connectivity index (χ1n) is 10.0. The van der Waals surface area contributed by atoms with Crippen LogP contribution in [0.15, 0.2) is 65.6 Å². The molecule has 0 bridgehead atoms. The number of benzene rings is 3. The normalized spacial score (nSPS) is 12.6. The summed E-state index contributed by atoms with van der Waals surface area (Å²) in [6, 6.07) is 16.4. The molecular weight excluding hydrogens is 489 g/mol. The Bertz CT molecular complexity index is 1360. The van der Waals surface area contributed by atoms with Crippen LogP contribution in [0.1, 0.15) is 27.6 Å². The smallest absolute Gasteiger partial charge is 0.417 e. The van der Waals surface area contributed by atoms with Gasteiger partial charge in [0.25, 0.3) is 0 Å². The van der Waals surface area contributed by atoms with Crippen molar-refractivity contribution in [2.24, 2.45) is 0 Å². The molecule has 0 saturated carbocycles. The molecule has 34 heavy (non-hydrogen) atoms. The van der Waals surface area contributed by atoms with Crippen LogP contribution in [0.2, 0.25) is 5.02 Å². The Morgan fingerprint density at radius 2 is 1.94 bits per heavy atom. The molecule has 0 spiro atoms. The molecule has 4 rings (SSSR count). The lowest BCUT2D eigenvalue weighted by molar-refractivity contribution is -0.139. The number of aromatic amines is 1. The van der Waals surface area contributed by atoms with Gasteiger partial charge in [0, 0.05) is 10.3 Å². The van der Waals surface area contributed by atoms with E-state index in [2.05, 4.69) is 10.2 Å². The Labute approximate surface area is 201 Å². The second kappa shape index (κ2) is 9.60. The van der Waals surface area contributed by atoms with Gasteiger partial charge < -0.3 is 9.84 Å². The molecule has 0 amide bonds. The van der Waals surface area contributed by atoms with Gasteiger partial charge in [0.2, 0.25) is 0 Å². The average molecular weight is 507 g/mol. The number of carboxylic acid groups (broad SMARTS) is 1. The van der Waals surface area contributed by atoms with E-state index in [-0.39, 0.29) is 5.02 Å². The summed E-state index contributed by atoms with van der Waals surface area (Å²) < 4.78 is 45.0. The average Bonchev–Trinajstić information content (AvgIpc) is 3.19. The van der Waals surface area contributed by atoms with Crippen molar-refractivity contribution in [2.45, 2.75) is 23.2 Å². The third kappa shape index (κ3) is 5.15. The molecule has 0 radical (unpaired) electrons. The number of hydrogen-bond acceptors (Lipinski definition) is 4. The van der Waals surface area contributed by atoms with Gasteiger partial charge in [-0.05, 0) is 54.4 Å². The highest BCUT2D eigenvalue weighted by Gasteiger charge is 2.34. The molecule has 3 aromatic carbocycles. The van der Waals surface area contributed by atoms with E-state index in [1.807, 2.05) is 30.3 Å². The number of halogens is 4. The predicted molar refractivity (Wildman–Crippen MR) is 125 cm³/mol. The van der Waals surface area contributed by atoms with E-state index in [1.54, 1.807) is 19.1 Å². The minimum Gasteiger partial charge on any atom is -0.482 e. The number of ether oxygens (including phenoxy) is 1. The molecule has 0 aliphatic heterocycles. The quantitative estimate of drug-likeness (QED) is 0.267. The van der Waals surface area contributed by atoms with E-state index >= 15 is 0 Å². The van der Waals surface area contributed by atoms with Gasteiger partial charge in [-0.25, -0.2) is 4.79 Å². The number of carboxylic acids is 1. The molecule has 0 fully saturated rings. The van der Waals surface area contributed by atoms with Crippen LogP contribution in [0.5, 0.6) is 5.75 Å². The van der Waals surface area contributed by atoms with Crippen molar-refractivity contribution in [3.8, 4) is 5.75 Å². The zero-order valence-corrected chi connectivity index (χ0v) is 19.3. The first-order chi connectivity index (χ1) is 16.1. The number of nitrogens with zero attached hydrogens (tertiary/aromatic N) is 1. The number of aromatic nitrogens is 2. The van der Waals surface area contributed by atoms with Crippen molar-refractivity contribution in [3.05, 3.63) is 88.1 Å². The van der Waals surface area contributed by atoms with E-state index in [0.717, 1.165) is 33.1 Å². The Hall–Kier alpha value is -3.17. The van der Waals surface area contributed by atoms with Crippen molar-refractivity contribution in [3.63, 3.8) is 0 Å². The van der Waals surface area contributed by atoms with Crippen molar-refractivity contribution >= 4 is 40.2 Å². The second-order valence-electron chi connectivity index (χ2n) is 7.50. The number of carbonyl (C=O) groups is 1. The van der Waals surface area contributed by atoms with Gasteiger partial charge in [0.1, 0.15) is 5.75 Å². The summed E-state index contributed by atoms with van der Waals surface area (Å²) in [5.41, 5.74) is 1.85. The van der Waals surface area contributed by atoms with Crippen LogP contribution in [-0.2, 0) is 11.0 Å². The largest absolute Gasteiger partial charge is 0.482 e. The Balaban J connectivity index is 1.74. The molecule has 0 saturated heterocycles. The molecule has 5 nitrogen and oxygen atoms in total. The van der Waals surface area contributed by atoms with E-state index in [0.29, 0.717) is 11.3 Å². The number of H-pyrrole nitrogens is 1. The third-order valence-corrected chi connectivity index (χ3v) is 6.69. The van der Waals surface area contributed by atoms with Gasteiger partial charge in [-0.15, -0.1) is 11.8 Å². The summed E-state index contributed by atoms with van der Waals surface area (Å²) in [5.74, 6) is -0.643. The first kappa shape index (κ1) is 24.0. The number of para-hydroxylation sites is 1. The molecule has 2 N–H and O–H groups in total. The number of rotatable bonds is 7. The third-order valence-electron chi connectivity index (χ3n) is 5.11. The molecule has 1 heterocycles. The van der Waals surface area contributed by atoms with Crippen LogP contribution in [0.4, 0.5) is 13.2 Å². The van der Waals surface area contributed by atoms with Gasteiger partial charge in [0.15, 0.2) is 6.61 Å². The number of fused-ring (bicyclic) bond motifs is 1. The summed E-state index contributed by atoms with van der Waals surface area (Å²) in [5, 5.41) is 16.2. The SMILES string of the molecule is Cc1cc(SC(c2ccc(C(F)(F)F)c(Cl)c2)c2[nH]nc3ccccc23)ccc1OCC(=O)O. The minimum atomic E-state index is -4.55. The van der Waals surface area contributed by atoms with Crippen LogP contribution in [0, 0.1) is 6.92 Å². The number of alkyl halides is 3. The van der Waals surface area contributed by atoms with Gasteiger partial charge >= 0.3 is 12.1 Å². The zero-order valence-electron chi connectivity index (χ0n) is 17.7. The monoisotopic (exact) mass is 506 g/mol. The molecule has 1 unspecified atom stereocenters. The minimum absolute atomic E-state index is 0.381. The highest BCUT2D eigenvalue weighted by atomic mass is 35.5. The Kier molecular flexibility index (Phi) is 6.77. The number of aliphatic carboxylic acids is 1. The molecule has 0 aliphatic rings. The lowest BCUT2D eigenvalue weighted by Crippen LogP contribution is -2.10. The molecule has 0 aliphatic carbocycles. The molecule has 1 atom stereocenters. The molecule has 4 aromatic rings. The summed E-state index contributed by atoms with van der Waals surface area (Å²) in [6.07, 6.45) is -4.55. The van der Waals surface area contributed by atoms with Crippen molar-refractivity contribution < 1.29 is 27.8 Å². The lowest BCUT2D eigenvalue weighted by Gasteiger charge is -2.19. The topological polar surface area (TPSA) is 75.2 Å². The maximum absolute atomic E-state index is 13.3. The van der Waals surface area contributed by atoms with Crippen molar-refractivity contribution in [1.29, 1.82) is 0 Å². The lowest BCUT2D eigenvalue weighted by atomic mass is 10.0. The van der Waals surface area contributed by atoms with Crippen LogP contribution in [0.25, 0.3) is 10.9 Å². The highest BCUT2D eigenvalue weighted by Crippen LogP contribution is 2.45. The fourth-order valence-electron chi connectivity index (χ4n) is 3.53. The molecular formula is C24H18ClF3N2O3S.